The molecule has 0 aliphatic heterocycles. The van der Waals surface area contributed by atoms with Crippen LogP contribution in [-0.4, -0.2) is 26.3 Å². The van der Waals surface area contributed by atoms with Crippen molar-refractivity contribution in [3.05, 3.63) is 40.5 Å². The summed E-state index contributed by atoms with van der Waals surface area (Å²) in [4.78, 5) is 17.3. The van der Waals surface area contributed by atoms with Crippen LogP contribution >= 0.6 is 23.1 Å². The number of thiazole rings is 1. The van der Waals surface area contributed by atoms with Gasteiger partial charge in [-0.05, 0) is 32.9 Å². The normalized spacial score (nSPS) is 12.2. The Bertz CT molecular complexity index is 958. The molecule has 1 amide bonds. The number of anilines is 1. The van der Waals surface area contributed by atoms with Crippen molar-refractivity contribution in [1.82, 2.24) is 15.2 Å². The highest BCUT2D eigenvalue weighted by Gasteiger charge is 2.21. The lowest BCUT2D eigenvalue weighted by Gasteiger charge is -2.10. The number of nitrogens with zero attached hydrogens (tertiary/aromatic N) is 3. The first kappa shape index (κ1) is 18.5. The summed E-state index contributed by atoms with van der Waals surface area (Å²) in [5.74, 6) is -1.68. The maximum atomic E-state index is 13.6. The van der Waals surface area contributed by atoms with Crippen molar-refractivity contribution in [2.24, 2.45) is 0 Å². The molecule has 0 aliphatic carbocycles. The topological polar surface area (TPSA) is 80.9 Å². The minimum atomic E-state index is -0.841. The molecule has 2 aromatic heterocycles. The lowest BCUT2D eigenvalue weighted by molar-refractivity contribution is -0.115. The van der Waals surface area contributed by atoms with Crippen molar-refractivity contribution in [3.63, 3.8) is 0 Å². The molecule has 1 unspecified atom stereocenters. The summed E-state index contributed by atoms with van der Waals surface area (Å²) in [5.41, 5.74) is 0.705. The van der Waals surface area contributed by atoms with Crippen molar-refractivity contribution >= 4 is 34.7 Å². The van der Waals surface area contributed by atoms with E-state index in [9.17, 15) is 13.6 Å². The van der Waals surface area contributed by atoms with Crippen LogP contribution in [0.15, 0.2) is 27.8 Å². The molecule has 6 nitrogen and oxygen atoms in total. The van der Waals surface area contributed by atoms with Crippen LogP contribution in [0.4, 0.5) is 14.5 Å². The number of rotatable bonds is 5. The Labute approximate surface area is 156 Å². The highest BCUT2D eigenvalue weighted by molar-refractivity contribution is 8.00. The Morgan fingerprint density at radius 2 is 2.08 bits per heavy atom. The van der Waals surface area contributed by atoms with Gasteiger partial charge in [0.05, 0.1) is 21.6 Å². The number of amides is 1. The van der Waals surface area contributed by atoms with Crippen molar-refractivity contribution in [3.8, 4) is 10.8 Å². The number of nitrogens with one attached hydrogen (secondary N) is 1. The molecule has 0 spiro atoms. The van der Waals surface area contributed by atoms with Gasteiger partial charge in [-0.2, -0.15) is 0 Å². The minimum absolute atomic E-state index is 0.0918. The number of aromatic nitrogens is 3. The average molecular weight is 396 g/mol. The van der Waals surface area contributed by atoms with Crippen LogP contribution < -0.4 is 5.32 Å². The van der Waals surface area contributed by atoms with E-state index < -0.39 is 22.8 Å². The third kappa shape index (κ3) is 4.07. The number of carbonyl (C=O) groups excluding carboxylic acids is 1. The zero-order chi connectivity index (χ0) is 18.8. The van der Waals surface area contributed by atoms with Crippen LogP contribution in [0.1, 0.15) is 17.6 Å². The maximum absolute atomic E-state index is 13.6. The minimum Gasteiger partial charge on any atom is -0.410 e. The van der Waals surface area contributed by atoms with Gasteiger partial charge in [-0.3, -0.25) is 4.79 Å². The second kappa shape index (κ2) is 7.50. The summed E-state index contributed by atoms with van der Waals surface area (Å²) in [6, 6.07) is 2.94. The summed E-state index contributed by atoms with van der Waals surface area (Å²) in [5, 5.41) is 10.8. The maximum Gasteiger partial charge on any atom is 0.277 e. The van der Waals surface area contributed by atoms with Gasteiger partial charge in [0.15, 0.2) is 0 Å². The lowest BCUT2D eigenvalue weighted by atomic mass is 10.3. The molecule has 0 fully saturated rings. The number of aryl methyl sites for hydroxylation is 2. The van der Waals surface area contributed by atoms with Crippen LogP contribution in [0.25, 0.3) is 10.8 Å². The van der Waals surface area contributed by atoms with E-state index in [2.05, 4.69) is 20.5 Å². The quantitative estimate of drug-likeness (QED) is 0.651. The van der Waals surface area contributed by atoms with Gasteiger partial charge in [-0.25, -0.2) is 13.8 Å². The second-order valence-electron chi connectivity index (χ2n) is 5.39. The monoisotopic (exact) mass is 396 g/mol. The van der Waals surface area contributed by atoms with Crippen LogP contribution in [0.5, 0.6) is 0 Å². The molecule has 0 saturated carbocycles. The van der Waals surface area contributed by atoms with E-state index >= 15 is 0 Å². The van der Waals surface area contributed by atoms with Crippen molar-refractivity contribution in [2.75, 3.05) is 5.32 Å². The zero-order valence-electron chi connectivity index (χ0n) is 14.0. The number of carbonyl (C=O) groups is 1. The van der Waals surface area contributed by atoms with Crippen molar-refractivity contribution in [2.45, 2.75) is 31.2 Å². The van der Waals surface area contributed by atoms with E-state index in [1.807, 2.05) is 13.8 Å². The summed E-state index contributed by atoms with van der Waals surface area (Å²) in [6.07, 6.45) is 0. The molecule has 0 aliphatic rings. The van der Waals surface area contributed by atoms with E-state index in [1.165, 1.54) is 17.4 Å². The first-order chi connectivity index (χ1) is 12.3. The zero-order valence-corrected chi connectivity index (χ0v) is 15.7. The Morgan fingerprint density at radius 3 is 2.73 bits per heavy atom. The van der Waals surface area contributed by atoms with Crippen molar-refractivity contribution in [1.29, 1.82) is 0 Å². The van der Waals surface area contributed by atoms with Crippen LogP contribution in [-0.2, 0) is 4.79 Å². The molecule has 1 aromatic carbocycles. The molecule has 3 rings (SSSR count). The van der Waals surface area contributed by atoms with Gasteiger partial charge in [-0.15, -0.1) is 21.5 Å². The van der Waals surface area contributed by atoms with E-state index in [1.54, 1.807) is 6.92 Å². The standard InChI is InChI=1S/C16H14F2N4O2S2/c1-7-13(26-9(3)19-7)15-21-22-16(24-15)25-8(2)14(23)20-12-5-4-10(17)6-11(12)18/h4-6,8H,1-3H3,(H,20,23). The Hall–Kier alpha value is -2.33. The largest absolute Gasteiger partial charge is 0.410 e. The molecule has 2 heterocycles. The lowest BCUT2D eigenvalue weighted by Crippen LogP contribution is -2.23. The molecule has 0 bridgehead atoms. The fraction of sp³-hybridized carbons (Fsp3) is 0.250. The third-order valence-electron chi connectivity index (χ3n) is 3.34. The van der Waals surface area contributed by atoms with Gasteiger partial charge < -0.3 is 9.73 Å². The molecular formula is C16H14F2N4O2S2. The highest BCUT2D eigenvalue weighted by atomic mass is 32.2. The summed E-state index contributed by atoms with van der Waals surface area (Å²) in [7, 11) is 0. The van der Waals surface area contributed by atoms with Gasteiger partial charge in [0.1, 0.15) is 16.5 Å². The number of hydrogen-bond donors (Lipinski definition) is 1. The molecule has 1 atom stereocenters. The SMILES string of the molecule is Cc1nc(C)c(-c2nnc(SC(C)C(=O)Nc3ccc(F)cc3F)o2)s1. The van der Waals surface area contributed by atoms with Crippen LogP contribution in [0, 0.1) is 25.5 Å². The van der Waals surface area contributed by atoms with Crippen molar-refractivity contribution < 1.29 is 18.0 Å². The smallest absolute Gasteiger partial charge is 0.277 e. The van der Waals surface area contributed by atoms with Gasteiger partial charge in [-0.1, -0.05) is 11.8 Å². The summed E-state index contributed by atoms with van der Waals surface area (Å²) < 4.78 is 32.1. The summed E-state index contributed by atoms with van der Waals surface area (Å²) >= 11 is 2.49. The first-order valence-electron chi connectivity index (χ1n) is 7.54. The molecule has 0 radical (unpaired) electrons. The molecule has 0 saturated heterocycles. The van der Waals surface area contributed by atoms with Gasteiger partial charge in [0.2, 0.25) is 5.91 Å². The van der Waals surface area contributed by atoms with Gasteiger partial charge in [0, 0.05) is 6.07 Å². The van der Waals surface area contributed by atoms with E-state index in [0.29, 0.717) is 12.0 Å². The van der Waals surface area contributed by atoms with E-state index in [4.69, 9.17) is 4.42 Å². The second-order valence-corrected chi connectivity index (χ2v) is 7.89. The van der Waals surface area contributed by atoms with Gasteiger partial charge >= 0.3 is 0 Å². The molecule has 1 N–H and O–H groups in total. The predicted molar refractivity (Wildman–Crippen MR) is 95.2 cm³/mol. The van der Waals surface area contributed by atoms with Crippen LogP contribution in [0.3, 0.4) is 0 Å². The molecular weight excluding hydrogens is 382 g/mol. The fourth-order valence-electron chi connectivity index (χ4n) is 2.11. The Balaban J connectivity index is 1.67. The van der Waals surface area contributed by atoms with E-state index in [0.717, 1.165) is 33.4 Å². The molecule has 10 heteroatoms. The number of benzene rings is 1. The number of hydrogen-bond acceptors (Lipinski definition) is 7. The predicted octanol–water partition coefficient (Wildman–Crippen LogP) is 4.21. The van der Waals surface area contributed by atoms with E-state index in [-0.39, 0.29) is 10.9 Å². The Kier molecular flexibility index (Phi) is 5.33. The number of halogens is 2. The van der Waals surface area contributed by atoms with Crippen LogP contribution in [0.2, 0.25) is 0 Å². The first-order valence-corrected chi connectivity index (χ1v) is 9.23. The molecule has 3 aromatic rings. The average Bonchev–Trinajstić information content (AvgIpc) is 3.15. The fourth-order valence-corrected chi connectivity index (χ4v) is 3.63. The van der Waals surface area contributed by atoms with Gasteiger partial charge in [0.25, 0.3) is 11.1 Å². The highest BCUT2D eigenvalue weighted by Crippen LogP contribution is 2.31. The molecule has 26 heavy (non-hydrogen) atoms. The summed E-state index contributed by atoms with van der Waals surface area (Å²) in [6.45, 7) is 5.35. The number of thioether (sulfide) groups is 1. The Morgan fingerprint density at radius 1 is 1.31 bits per heavy atom. The molecule has 136 valence electrons. The third-order valence-corrected chi connectivity index (χ3v) is 5.34.